The van der Waals surface area contributed by atoms with Gasteiger partial charge in [0.05, 0.1) is 31.2 Å². The average Bonchev–Trinajstić information content (AvgIpc) is 2.82. The average molecular weight is 251 g/mol. The molecule has 5 heteroatoms. The Hall–Kier alpha value is -0.910. The van der Waals surface area contributed by atoms with Crippen LogP contribution in [0.4, 0.5) is 0 Å². The first-order valence-corrected chi connectivity index (χ1v) is 6.87. The molecule has 100 valence electrons. The van der Waals surface area contributed by atoms with Crippen molar-refractivity contribution in [3.8, 4) is 0 Å². The van der Waals surface area contributed by atoms with Gasteiger partial charge in [0.2, 0.25) is 0 Å². The molecule has 5 nitrogen and oxygen atoms in total. The molecule has 1 saturated heterocycles. The van der Waals surface area contributed by atoms with Gasteiger partial charge in [-0.25, -0.2) is 4.98 Å². The first kappa shape index (κ1) is 12.1. The minimum Gasteiger partial charge on any atom is -0.387 e. The fourth-order valence-electron chi connectivity index (χ4n) is 2.83. The molecule has 0 aliphatic carbocycles. The van der Waals surface area contributed by atoms with Gasteiger partial charge in [0.25, 0.3) is 0 Å². The molecular weight excluding hydrogens is 230 g/mol. The van der Waals surface area contributed by atoms with Gasteiger partial charge < -0.3 is 14.4 Å². The highest BCUT2D eigenvalue weighted by molar-refractivity contribution is 5.11. The predicted octanol–water partition coefficient (Wildman–Crippen LogP) is 0.585. The summed E-state index contributed by atoms with van der Waals surface area (Å²) in [6.45, 7) is 5.78. The van der Waals surface area contributed by atoms with Crippen LogP contribution in [0.15, 0.2) is 6.20 Å². The Labute approximate surface area is 107 Å². The van der Waals surface area contributed by atoms with E-state index in [1.807, 2.05) is 6.20 Å². The summed E-state index contributed by atoms with van der Waals surface area (Å²) in [5, 5.41) is 9.90. The second kappa shape index (κ2) is 5.38. The van der Waals surface area contributed by atoms with Crippen LogP contribution in [0.3, 0.4) is 0 Å². The van der Waals surface area contributed by atoms with Crippen LogP contribution in [0.2, 0.25) is 0 Å². The zero-order valence-electron chi connectivity index (χ0n) is 10.7. The first-order chi connectivity index (χ1) is 8.84. The van der Waals surface area contributed by atoms with Gasteiger partial charge >= 0.3 is 0 Å². The van der Waals surface area contributed by atoms with Crippen molar-refractivity contribution in [3.05, 3.63) is 17.7 Å². The fourth-order valence-corrected chi connectivity index (χ4v) is 2.83. The van der Waals surface area contributed by atoms with Crippen LogP contribution in [-0.2, 0) is 17.7 Å². The second-order valence-electron chi connectivity index (χ2n) is 5.11. The summed E-state index contributed by atoms with van der Waals surface area (Å²) in [5.41, 5.74) is 0.998. The SMILES string of the molecule is OC1CCCn2c1cnc2CCN1CCOCC1. The summed E-state index contributed by atoms with van der Waals surface area (Å²) in [5.74, 6) is 1.12. The van der Waals surface area contributed by atoms with Crippen molar-refractivity contribution in [1.82, 2.24) is 14.5 Å². The molecule has 0 radical (unpaired) electrons. The number of morpholine rings is 1. The fraction of sp³-hybridized carbons (Fsp3) is 0.769. The third-order valence-corrected chi connectivity index (χ3v) is 3.93. The van der Waals surface area contributed by atoms with Gasteiger partial charge in [0.15, 0.2) is 0 Å². The summed E-state index contributed by atoms with van der Waals surface area (Å²) in [4.78, 5) is 6.90. The number of ether oxygens (including phenoxy) is 1. The van der Waals surface area contributed by atoms with Gasteiger partial charge in [-0.1, -0.05) is 0 Å². The molecule has 0 spiro atoms. The number of fused-ring (bicyclic) bond motifs is 1. The largest absolute Gasteiger partial charge is 0.387 e. The minimum absolute atomic E-state index is 0.316. The molecule has 3 heterocycles. The van der Waals surface area contributed by atoms with Crippen LogP contribution in [-0.4, -0.2) is 52.4 Å². The van der Waals surface area contributed by atoms with Gasteiger partial charge in [0.1, 0.15) is 5.82 Å². The van der Waals surface area contributed by atoms with Crippen LogP contribution in [0, 0.1) is 0 Å². The van der Waals surface area contributed by atoms with Crippen LogP contribution in [0.1, 0.15) is 30.5 Å². The minimum atomic E-state index is -0.316. The number of aliphatic hydroxyl groups excluding tert-OH is 1. The number of hydrogen-bond acceptors (Lipinski definition) is 4. The van der Waals surface area contributed by atoms with Gasteiger partial charge in [-0.15, -0.1) is 0 Å². The van der Waals surface area contributed by atoms with E-state index >= 15 is 0 Å². The Morgan fingerprint density at radius 3 is 3.00 bits per heavy atom. The van der Waals surface area contributed by atoms with Crippen molar-refractivity contribution in [2.24, 2.45) is 0 Å². The van der Waals surface area contributed by atoms with Crippen LogP contribution in [0.5, 0.6) is 0 Å². The number of rotatable bonds is 3. The lowest BCUT2D eigenvalue weighted by atomic mass is 10.1. The lowest BCUT2D eigenvalue weighted by Gasteiger charge is -2.27. The monoisotopic (exact) mass is 251 g/mol. The summed E-state index contributed by atoms with van der Waals surface area (Å²) in [6.07, 6.45) is 4.41. The first-order valence-electron chi connectivity index (χ1n) is 6.87. The molecule has 2 aliphatic heterocycles. The number of aliphatic hydroxyl groups is 1. The third kappa shape index (κ3) is 2.43. The lowest BCUT2D eigenvalue weighted by Crippen LogP contribution is -2.37. The number of aromatic nitrogens is 2. The Morgan fingerprint density at radius 2 is 2.17 bits per heavy atom. The zero-order chi connectivity index (χ0) is 12.4. The number of nitrogens with zero attached hydrogens (tertiary/aromatic N) is 3. The molecule has 0 aromatic carbocycles. The van der Waals surface area contributed by atoms with E-state index in [1.54, 1.807) is 0 Å². The molecule has 1 aromatic rings. The van der Waals surface area contributed by atoms with Crippen molar-refractivity contribution in [1.29, 1.82) is 0 Å². The van der Waals surface area contributed by atoms with E-state index in [4.69, 9.17) is 4.74 Å². The predicted molar refractivity (Wildman–Crippen MR) is 67.4 cm³/mol. The molecule has 1 unspecified atom stereocenters. The van der Waals surface area contributed by atoms with Crippen molar-refractivity contribution in [3.63, 3.8) is 0 Å². The van der Waals surface area contributed by atoms with Crippen molar-refractivity contribution >= 4 is 0 Å². The van der Waals surface area contributed by atoms with E-state index in [2.05, 4.69) is 14.5 Å². The van der Waals surface area contributed by atoms with Crippen LogP contribution in [0.25, 0.3) is 0 Å². The Kier molecular flexibility index (Phi) is 3.63. The summed E-state index contributed by atoms with van der Waals surface area (Å²) in [6, 6.07) is 0. The Balaban J connectivity index is 1.62. The number of hydrogen-bond donors (Lipinski definition) is 1. The molecule has 0 saturated carbocycles. The van der Waals surface area contributed by atoms with E-state index in [-0.39, 0.29) is 6.10 Å². The van der Waals surface area contributed by atoms with Gasteiger partial charge in [-0.2, -0.15) is 0 Å². The zero-order valence-corrected chi connectivity index (χ0v) is 10.7. The molecule has 0 bridgehead atoms. The molecule has 2 aliphatic rings. The molecule has 3 rings (SSSR count). The van der Waals surface area contributed by atoms with Crippen molar-refractivity contribution < 1.29 is 9.84 Å². The third-order valence-electron chi connectivity index (χ3n) is 3.93. The van der Waals surface area contributed by atoms with Crippen molar-refractivity contribution in [2.45, 2.75) is 31.9 Å². The smallest absolute Gasteiger partial charge is 0.110 e. The second-order valence-corrected chi connectivity index (χ2v) is 5.11. The molecule has 1 atom stereocenters. The normalized spacial score (nSPS) is 25.1. The summed E-state index contributed by atoms with van der Waals surface area (Å²) >= 11 is 0. The topological polar surface area (TPSA) is 50.5 Å². The maximum absolute atomic E-state index is 9.90. The van der Waals surface area contributed by atoms with Gasteiger partial charge in [0, 0.05) is 32.6 Å². The summed E-state index contributed by atoms with van der Waals surface area (Å²) in [7, 11) is 0. The maximum Gasteiger partial charge on any atom is 0.110 e. The molecule has 1 aromatic heterocycles. The number of imidazole rings is 1. The van der Waals surface area contributed by atoms with Gasteiger partial charge in [-0.3, -0.25) is 4.90 Å². The molecular formula is C13H21N3O2. The highest BCUT2D eigenvalue weighted by Gasteiger charge is 2.21. The highest BCUT2D eigenvalue weighted by Crippen LogP contribution is 2.25. The maximum atomic E-state index is 9.90. The molecule has 1 fully saturated rings. The van der Waals surface area contributed by atoms with Crippen LogP contribution >= 0.6 is 0 Å². The van der Waals surface area contributed by atoms with E-state index in [0.717, 1.165) is 70.2 Å². The van der Waals surface area contributed by atoms with E-state index < -0.39 is 0 Å². The Morgan fingerprint density at radius 1 is 1.33 bits per heavy atom. The van der Waals surface area contributed by atoms with Crippen molar-refractivity contribution in [2.75, 3.05) is 32.8 Å². The standard InChI is InChI=1S/C13H21N3O2/c17-12-2-1-4-16-11(12)10-14-13(16)3-5-15-6-8-18-9-7-15/h10,12,17H,1-9H2. The van der Waals surface area contributed by atoms with E-state index in [9.17, 15) is 5.11 Å². The molecule has 1 N–H and O–H groups in total. The lowest BCUT2D eigenvalue weighted by molar-refractivity contribution is 0.0380. The molecule has 0 amide bonds. The van der Waals surface area contributed by atoms with E-state index in [1.165, 1.54) is 0 Å². The highest BCUT2D eigenvalue weighted by atomic mass is 16.5. The van der Waals surface area contributed by atoms with E-state index in [0.29, 0.717) is 0 Å². The summed E-state index contributed by atoms with van der Waals surface area (Å²) < 4.78 is 7.55. The van der Waals surface area contributed by atoms with Crippen LogP contribution < -0.4 is 0 Å². The van der Waals surface area contributed by atoms with Gasteiger partial charge in [-0.05, 0) is 12.8 Å². The Bertz CT molecular complexity index is 399. The molecule has 18 heavy (non-hydrogen) atoms. The quantitative estimate of drug-likeness (QED) is 0.854.